The number of hydrogen-bond acceptors (Lipinski definition) is 2. The number of rotatable bonds is 5. The van der Waals surface area contributed by atoms with E-state index >= 15 is 0 Å². The first-order valence-corrected chi connectivity index (χ1v) is 7.15. The van der Waals surface area contributed by atoms with E-state index < -0.39 is 0 Å². The molecule has 1 aromatic carbocycles. The van der Waals surface area contributed by atoms with Gasteiger partial charge in [0.15, 0.2) is 0 Å². The highest BCUT2D eigenvalue weighted by Gasteiger charge is 2.01. The quantitative estimate of drug-likeness (QED) is 0.823. The summed E-state index contributed by atoms with van der Waals surface area (Å²) in [5, 5.41) is 7.55. The maximum Gasteiger partial charge on any atom is 0.123 e. The van der Waals surface area contributed by atoms with Crippen LogP contribution in [-0.4, -0.2) is 6.54 Å². The molecule has 0 amide bonds. The summed E-state index contributed by atoms with van der Waals surface area (Å²) < 4.78 is 14.0. The van der Waals surface area contributed by atoms with Crippen molar-refractivity contribution >= 4 is 27.3 Å². The monoisotopic (exact) mass is 313 g/mol. The zero-order valence-corrected chi connectivity index (χ0v) is 11.7. The normalized spacial score (nSPS) is 10.7. The summed E-state index contributed by atoms with van der Waals surface area (Å²) in [6, 6.07) is 6.89. The van der Waals surface area contributed by atoms with Crippen LogP contribution in [0.3, 0.4) is 0 Å². The topological polar surface area (TPSA) is 12.0 Å². The first-order chi connectivity index (χ1) is 8.25. The van der Waals surface area contributed by atoms with Crippen LogP contribution in [0.1, 0.15) is 11.1 Å². The van der Waals surface area contributed by atoms with Gasteiger partial charge in [-0.15, -0.1) is 0 Å². The van der Waals surface area contributed by atoms with Crippen molar-refractivity contribution in [2.45, 2.75) is 13.0 Å². The molecule has 0 fully saturated rings. The summed E-state index contributed by atoms with van der Waals surface area (Å²) in [5.74, 6) is -0.192. The van der Waals surface area contributed by atoms with Crippen LogP contribution in [0.25, 0.3) is 0 Å². The van der Waals surface area contributed by atoms with Crippen LogP contribution in [-0.2, 0) is 13.0 Å². The largest absolute Gasteiger partial charge is 0.312 e. The minimum Gasteiger partial charge on any atom is -0.312 e. The maximum absolute atomic E-state index is 13.0. The number of benzene rings is 1. The van der Waals surface area contributed by atoms with E-state index in [0.717, 1.165) is 23.0 Å². The second-order valence-corrected chi connectivity index (χ2v) is 5.43. The van der Waals surface area contributed by atoms with Crippen molar-refractivity contribution in [2.24, 2.45) is 0 Å². The van der Waals surface area contributed by atoms with Crippen LogP contribution >= 0.6 is 27.3 Å². The van der Waals surface area contributed by atoms with Gasteiger partial charge in [-0.25, -0.2) is 4.39 Å². The highest BCUT2D eigenvalue weighted by Crippen LogP contribution is 2.17. The Balaban J connectivity index is 1.80. The molecule has 2 rings (SSSR count). The molecule has 1 N–H and O–H groups in total. The summed E-state index contributed by atoms with van der Waals surface area (Å²) in [6.07, 6.45) is 1.01. The summed E-state index contributed by atoms with van der Waals surface area (Å²) in [6.45, 7) is 1.59. The molecule has 0 aliphatic heterocycles. The van der Waals surface area contributed by atoms with Gasteiger partial charge in [-0.1, -0.05) is 15.9 Å². The molecule has 90 valence electrons. The fourth-order valence-electron chi connectivity index (χ4n) is 1.57. The Morgan fingerprint density at radius 2 is 2.18 bits per heavy atom. The second-order valence-electron chi connectivity index (χ2n) is 3.79. The average Bonchev–Trinajstić information content (AvgIpc) is 2.82. The molecule has 0 aliphatic carbocycles. The van der Waals surface area contributed by atoms with Gasteiger partial charge in [-0.2, -0.15) is 11.3 Å². The molecule has 0 radical (unpaired) electrons. The van der Waals surface area contributed by atoms with Gasteiger partial charge in [0.05, 0.1) is 0 Å². The molecular formula is C13H13BrFNS. The smallest absolute Gasteiger partial charge is 0.123 e. The van der Waals surface area contributed by atoms with Gasteiger partial charge in [-0.3, -0.25) is 0 Å². The SMILES string of the molecule is Fc1ccc(Br)c(CNCCc2ccsc2)c1. The second kappa shape index (κ2) is 6.28. The average molecular weight is 314 g/mol. The summed E-state index contributed by atoms with van der Waals surface area (Å²) in [7, 11) is 0. The molecular weight excluding hydrogens is 301 g/mol. The van der Waals surface area contributed by atoms with Crippen LogP contribution in [0.15, 0.2) is 39.5 Å². The predicted molar refractivity (Wildman–Crippen MR) is 73.8 cm³/mol. The van der Waals surface area contributed by atoms with E-state index in [-0.39, 0.29) is 5.82 Å². The van der Waals surface area contributed by atoms with Gasteiger partial charge < -0.3 is 5.32 Å². The zero-order chi connectivity index (χ0) is 12.1. The van der Waals surface area contributed by atoms with Crippen molar-refractivity contribution in [1.29, 1.82) is 0 Å². The molecule has 0 bridgehead atoms. The van der Waals surface area contributed by atoms with Gasteiger partial charge >= 0.3 is 0 Å². The van der Waals surface area contributed by atoms with E-state index in [9.17, 15) is 4.39 Å². The summed E-state index contributed by atoms with van der Waals surface area (Å²) in [5.41, 5.74) is 2.30. The third-order valence-electron chi connectivity index (χ3n) is 2.49. The molecule has 0 atom stereocenters. The Bertz CT molecular complexity index is 470. The van der Waals surface area contributed by atoms with Gasteiger partial charge in [0.2, 0.25) is 0 Å². The van der Waals surface area contributed by atoms with Crippen LogP contribution in [0, 0.1) is 5.82 Å². The van der Waals surface area contributed by atoms with Crippen LogP contribution in [0.5, 0.6) is 0 Å². The van der Waals surface area contributed by atoms with E-state index in [0.29, 0.717) is 6.54 Å². The lowest BCUT2D eigenvalue weighted by Crippen LogP contribution is -2.16. The van der Waals surface area contributed by atoms with E-state index in [1.54, 1.807) is 23.5 Å². The Morgan fingerprint density at radius 1 is 1.29 bits per heavy atom. The third-order valence-corrected chi connectivity index (χ3v) is 4.00. The molecule has 4 heteroatoms. The van der Waals surface area contributed by atoms with Gasteiger partial charge in [0.1, 0.15) is 5.82 Å². The van der Waals surface area contributed by atoms with Crippen molar-refractivity contribution in [1.82, 2.24) is 5.32 Å². The van der Waals surface area contributed by atoms with Crippen LogP contribution in [0.4, 0.5) is 4.39 Å². The zero-order valence-electron chi connectivity index (χ0n) is 9.25. The molecule has 0 unspecified atom stereocenters. The first-order valence-electron chi connectivity index (χ1n) is 5.41. The van der Waals surface area contributed by atoms with Crippen LogP contribution < -0.4 is 5.32 Å². The van der Waals surface area contributed by atoms with E-state index in [1.165, 1.54) is 11.6 Å². The van der Waals surface area contributed by atoms with E-state index in [2.05, 4.69) is 38.1 Å². The number of thiophene rings is 1. The lowest BCUT2D eigenvalue weighted by atomic mass is 10.2. The fraction of sp³-hybridized carbons (Fsp3) is 0.231. The molecule has 1 aromatic heterocycles. The summed E-state index contributed by atoms with van der Waals surface area (Å²) >= 11 is 5.13. The first kappa shape index (κ1) is 12.7. The lowest BCUT2D eigenvalue weighted by Gasteiger charge is -2.06. The molecule has 1 heterocycles. The maximum atomic E-state index is 13.0. The minimum absolute atomic E-state index is 0.192. The number of hydrogen-bond donors (Lipinski definition) is 1. The highest BCUT2D eigenvalue weighted by molar-refractivity contribution is 9.10. The van der Waals surface area contributed by atoms with E-state index in [4.69, 9.17) is 0 Å². The van der Waals surface area contributed by atoms with Crippen molar-refractivity contribution in [3.8, 4) is 0 Å². The Hall–Kier alpha value is -0.710. The molecule has 2 aromatic rings. The molecule has 0 spiro atoms. The van der Waals surface area contributed by atoms with Crippen molar-refractivity contribution in [3.63, 3.8) is 0 Å². The molecule has 17 heavy (non-hydrogen) atoms. The predicted octanol–water partition coefficient (Wildman–Crippen LogP) is 3.98. The van der Waals surface area contributed by atoms with Crippen molar-refractivity contribution in [3.05, 3.63) is 56.4 Å². The number of nitrogens with one attached hydrogen (secondary N) is 1. The Morgan fingerprint density at radius 3 is 2.94 bits per heavy atom. The molecule has 0 saturated heterocycles. The molecule has 1 nitrogen and oxygen atoms in total. The molecule has 0 saturated carbocycles. The highest BCUT2D eigenvalue weighted by atomic mass is 79.9. The standard InChI is InChI=1S/C13H13BrFNS/c14-13-2-1-12(15)7-11(13)8-16-5-3-10-4-6-17-9-10/h1-2,4,6-7,9,16H,3,5,8H2. The van der Waals surface area contributed by atoms with Crippen molar-refractivity contribution < 1.29 is 4.39 Å². The van der Waals surface area contributed by atoms with Crippen molar-refractivity contribution in [2.75, 3.05) is 6.54 Å². The Kier molecular flexibility index (Phi) is 4.71. The summed E-state index contributed by atoms with van der Waals surface area (Å²) in [4.78, 5) is 0. The van der Waals surface area contributed by atoms with Crippen LogP contribution in [0.2, 0.25) is 0 Å². The fourth-order valence-corrected chi connectivity index (χ4v) is 2.66. The minimum atomic E-state index is -0.192. The lowest BCUT2D eigenvalue weighted by molar-refractivity contribution is 0.619. The van der Waals surface area contributed by atoms with E-state index in [1.807, 2.05) is 0 Å². The van der Waals surface area contributed by atoms with Gasteiger partial charge in [-0.05, 0) is 59.1 Å². The van der Waals surface area contributed by atoms with Gasteiger partial charge in [0.25, 0.3) is 0 Å². The third kappa shape index (κ3) is 3.91. The number of halogens is 2. The molecule has 0 aliphatic rings. The van der Waals surface area contributed by atoms with Gasteiger partial charge in [0, 0.05) is 11.0 Å². The Labute approximate surface area is 113 Å².